The smallest absolute Gasteiger partial charge is 0.123 e. The van der Waals surface area contributed by atoms with Crippen molar-refractivity contribution in [1.82, 2.24) is 5.32 Å². The van der Waals surface area contributed by atoms with Crippen molar-refractivity contribution in [2.75, 3.05) is 13.2 Å². The lowest BCUT2D eigenvalue weighted by atomic mass is 10.2. The Morgan fingerprint density at radius 2 is 2.20 bits per heavy atom. The van der Waals surface area contributed by atoms with E-state index in [1.165, 1.54) is 4.88 Å². The van der Waals surface area contributed by atoms with Gasteiger partial charge < -0.3 is 10.1 Å². The SMILES string of the molecule is CCCNCc1cc(Cl)ccc1OCCc1cccs1. The summed E-state index contributed by atoms with van der Waals surface area (Å²) in [7, 11) is 0. The minimum Gasteiger partial charge on any atom is -0.493 e. The highest BCUT2D eigenvalue weighted by Crippen LogP contribution is 2.23. The van der Waals surface area contributed by atoms with Gasteiger partial charge in [-0.2, -0.15) is 0 Å². The van der Waals surface area contributed by atoms with E-state index in [9.17, 15) is 0 Å². The van der Waals surface area contributed by atoms with E-state index in [2.05, 4.69) is 29.8 Å². The number of halogens is 1. The molecule has 0 saturated heterocycles. The van der Waals surface area contributed by atoms with Crippen molar-refractivity contribution in [3.63, 3.8) is 0 Å². The molecule has 1 aromatic carbocycles. The summed E-state index contributed by atoms with van der Waals surface area (Å²) in [5.74, 6) is 0.926. The average Bonchev–Trinajstić information content (AvgIpc) is 2.95. The van der Waals surface area contributed by atoms with Crippen LogP contribution in [0.15, 0.2) is 35.7 Å². The van der Waals surface area contributed by atoms with Crippen LogP contribution in [0.3, 0.4) is 0 Å². The second-order valence-corrected chi connectivity index (χ2v) is 6.08. The quantitative estimate of drug-likeness (QED) is 0.724. The van der Waals surface area contributed by atoms with Gasteiger partial charge in [-0.05, 0) is 42.6 Å². The topological polar surface area (TPSA) is 21.3 Å². The molecule has 0 saturated carbocycles. The molecule has 1 heterocycles. The summed E-state index contributed by atoms with van der Waals surface area (Å²) in [4.78, 5) is 1.35. The highest BCUT2D eigenvalue weighted by atomic mass is 35.5. The summed E-state index contributed by atoms with van der Waals surface area (Å²) in [5, 5.41) is 6.23. The van der Waals surface area contributed by atoms with Crippen molar-refractivity contribution in [1.29, 1.82) is 0 Å². The van der Waals surface area contributed by atoms with E-state index in [0.29, 0.717) is 6.61 Å². The van der Waals surface area contributed by atoms with Gasteiger partial charge in [-0.1, -0.05) is 24.6 Å². The maximum Gasteiger partial charge on any atom is 0.123 e. The zero-order chi connectivity index (χ0) is 14.2. The van der Waals surface area contributed by atoms with E-state index >= 15 is 0 Å². The highest BCUT2D eigenvalue weighted by molar-refractivity contribution is 7.09. The van der Waals surface area contributed by atoms with Gasteiger partial charge in [0, 0.05) is 28.4 Å². The first-order chi connectivity index (χ1) is 9.79. The second-order valence-electron chi connectivity index (χ2n) is 4.61. The molecule has 2 rings (SSSR count). The Hall–Kier alpha value is -1.03. The zero-order valence-corrected chi connectivity index (χ0v) is 13.3. The van der Waals surface area contributed by atoms with Crippen molar-refractivity contribution in [2.45, 2.75) is 26.3 Å². The van der Waals surface area contributed by atoms with Gasteiger partial charge in [-0.25, -0.2) is 0 Å². The van der Waals surface area contributed by atoms with Crippen molar-refractivity contribution < 1.29 is 4.74 Å². The van der Waals surface area contributed by atoms with Gasteiger partial charge in [0.1, 0.15) is 5.75 Å². The molecule has 0 radical (unpaired) electrons. The monoisotopic (exact) mass is 309 g/mol. The molecule has 20 heavy (non-hydrogen) atoms. The average molecular weight is 310 g/mol. The molecule has 0 unspecified atom stereocenters. The third kappa shape index (κ3) is 4.82. The van der Waals surface area contributed by atoms with Crippen molar-refractivity contribution in [2.24, 2.45) is 0 Å². The Bertz CT molecular complexity index is 513. The third-order valence-corrected chi connectivity index (χ3v) is 4.12. The van der Waals surface area contributed by atoms with E-state index in [4.69, 9.17) is 16.3 Å². The summed E-state index contributed by atoms with van der Waals surface area (Å²) in [5.41, 5.74) is 1.12. The lowest BCUT2D eigenvalue weighted by Crippen LogP contribution is -2.15. The number of hydrogen-bond acceptors (Lipinski definition) is 3. The molecule has 0 atom stereocenters. The third-order valence-electron chi connectivity index (χ3n) is 2.95. The molecule has 1 N–H and O–H groups in total. The Kier molecular flexibility index (Phi) is 6.37. The van der Waals surface area contributed by atoms with Crippen molar-refractivity contribution in [3.8, 4) is 5.75 Å². The molecule has 2 nitrogen and oxygen atoms in total. The second kappa shape index (κ2) is 8.30. The first-order valence-corrected chi connectivity index (χ1v) is 8.19. The molecule has 0 spiro atoms. The fourth-order valence-electron chi connectivity index (χ4n) is 1.94. The molecule has 0 aliphatic rings. The lowest BCUT2D eigenvalue weighted by Gasteiger charge is -2.12. The van der Waals surface area contributed by atoms with Gasteiger partial charge in [0.15, 0.2) is 0 Å². The van der Waals surface area contributed by atoms with Crippen LogP contribution < -0.4 is 10.1 Å². The van der Waals surface area contributed by atoms with Crippen LogP contribution in [0.4, 0.5) is 0 Å². The Morgan fingerprint density at radius 3 is 2.95 bits per heavy atom. The molecule has 4 heteroatoms. The Balaban J connectivity index is 1.91. The molecule has 1 aromatic heterocycles. The minimum atomic E-state index is 0.697. The van der Waals surface area contributed by atoms with Gasteiger partial charge in [-0.3, -0.25) is 0 Å². The summed E-state index contributed by atoms with van der Waals surface area (Å²) in [6.07, 6.45) is 2.07. The highest BCUT2D eigenvalue weighted by Gasteiger charge is 2.05. The van der Waals surface area contributed by atoms with Crippen LogP contribution in [0.25, 0.3) is 0 Å². The molecule has 0 fully saturated rings. The molecular weight excluding hydrogens is 290 g/mol. The predicted molar refractivity (Wildman–Crippen MR) is 87.0 cm³/mol. The van der Waals surface area contributed by atoms with E-state index in [0.717, 1.165) is 42.3 Å². The Morgan fingerprint density at radius 1 is 1.30 bits per heavy atom. The number of nitrogens with one attached hydrogen (secondary N) is 1. The van der Waals surface area contributed by atoms with Crippen LogP contribution in [0.2, 0.25) is 5.02 Å². The molecule has 0 bridgehead atoms. The summed E-state index contributed by atoms with van der Waals surface area (Å²) < 4.78 is 5.90. The predicted octanol–water partition coefficient (Wildman–Crippen LogP) is 4.52. The van der Waals surface area contributed by atoms with Crippen LogP contribution in [0.5, 0.6) is 5.75 Å². The number of thiophene rings is 1. The molecule has 108 valence electrons. The lowest BCUT2D eigenvalue weighted by molar-refractivity contribution is 0.318. The first-order valence-electron chi connectivity index (χ1n) is 6.94. The molecule has 0 aliphatic heterocycles. The summed E-state index contributed by atoms with van der Waals surface area (Å²) in [6.45, 7) is 4.65. The maximum absolute atomic E-state index is 6.06. The number of rotatable bonds is 8. The van der Waals surface area contributed by atoms with Crippen LogP contribution in [0, 0.1) is 0 Å². The fraction of sp³-hybridized carbons (Fsp3) is 0.375. The van der Waals surface area contributed by atoms with Gasteiger partial charge in [0.2, 0.25) is 0 Å². The molecule has 0 aliphatic carbocycles. The number of benzene rings is 1. The minimum absolute atomic E-state index is 0.697. The van der Waals surface area contributed by atoms with Gasteiger partial charge in [0.25, 0.3) is 0 Å². The number of ether oxygens (including phenoxy) is 1. The van der Waals surface area contributed by atoms with E-state index in [-0.39, 0.29) is 0 Å². The first kappa shape index (κ1) is 15.4. The summed E-state index contributed by atoms with van der Waals surface area (Å²) in [6, 6.07) is 10.0. The van der Waals surface area contributed by atoms with Gasteiger partial charge in [0.05, 0.1) is 6.61 Å². The molecule has 0 amide bonds. The normalized spacial score (nSPS) is 10.7. The fourth-order valence-corrected chi connectivity index (χ4v) is 2.83. The van der Waals surface area contributed by atoms with Crippen molar-refractivity contribution >= 4 is 22.9 Å². The van der Waals surface area contributed by atoms with Crippen LogP contribution >= 0.6 is 22.9 Å². The number of hydrogen-bond donors (Lipinski definition) is 1. The summed E-state index contributed by atoms with van der Waals surface area (Å²) >= 11 is 7.83. The van der Waals surface area contributed by atoms with E-state index in [1.807, 2.05) is 18.2 Å². The largest absolute Gasteiger partial charge is 0.493 e. The molecule has 2 aromatic rings. The van der Waals surface area contributed by atoms with Crippen LogP contribution in [0.1, 0.15) is 23.8 Å². The van der Waals surface area contributed by atoms with Crippen molar-refractivity contribution in [3.05, 3.63) is 51.2 Å². The van der Waals surface area contributed by atoms with Gasteiger partial charge >= 0.3 is 0 Å². The standard InChI is InChI=1S/C16H20ClNOS/c1-2-8-18-12-13-11-14(17)5-6-16(13)19-9-7-15-4-3-10-20-15/h3-6,10-11,18H,2,7-9,12H2,1H3. The zero-order valence-electron chi connectivity index (χ0n) is 11.7. The Labute approximate surface area is 129 Å². The van der Waals surface area contributed by atoms with Gasteiger partial charge in [-0.15, -0.1) is 11.3 Å². The maximum atomic E-state index is 6.06. The molecular formula is C16H20ClNOS. The van der Waals surface area contributed by atoms with Crippen LogP contribution in [-0.2, 0) is 13.0 Å². The van der Waals surface area contributed by atoms with E-state index in [1.54, 1.807) is 11.3 Å². The van der Waals surface area contributed by atoms with E-state index < -0.39 is 0 Å². The van der Waals surface area contributed by atoms with Crippen LogP contribution in [-0.4, -0.2) is 13.2 Å².